The number of nitrogens with one attached hydrogen (secondary N) is 1. The molecule has 1 unspecified atom stereocenters. The number of aromatic nitrogens is 3. The Morgan fingerprint density at radius 1 is 1.08 bits per heavy atom. The molecule has 2 aromatic heterocycles. The Balaban J connectivity index is 0.000000286. The van der Waals surface area contributed by atoms with E-state index in [2.05, 4.69) is 21.3 Å². The van der Waals surface area contributed by atoms with Crippen LogP contribution in [0.5, 0.6) is 5.75 Å². The van der Waals surface area contributed by atoms with Crippen LogP contribution >= 0.6 is 9.24 Å². The molecule has 196 valence electrons. The van der Waals surface area contributed by atoms with E-state index in [1.807, 2.05) is 6.07 Å². The fourth-order valence-corrected chi connectivity index (χ4v) is 3.16. The summed E-state index contributed by atoms with van der Waals surface area (Å²) in [5.74, 6) is -4.60. The van der Waals surface area contributed by atoms with Gasteiger partial charge >= 0.3 is 23.8 Å². The van der Waals surface area contributed by atoms with Crippen molar-refractivity contribution < 1.29 is 46.9 Å². The molecule has 16 heteroatoms. The Labute approximate surface area is 206 Å². The number of fused-ring (bicyclic) bond motifs is 3. The van der Waals surface area contributed by atoms with Gasteiger partial charge in [0.15, 0.2) is 0 Å². The third kappa shape index (κ3) is 6.89. The number of hydrogen-bond donors (Lipinski definition) is 5. The molecule has 1 aliphatic carbocycles. The number of phenols is 1. The molecule has 10 nitrogen and oxygen atoms in total. The number of carboxylic acid groups (broad SMARTS) is 2. The van der Waals surface area contributed by atoms with Gasteiger partial charge in [0.1, 0.15) is 23.2 Å². The molecule has 0 fully saturated rings. The van der Waals surface area contributed by atoms with Gasteiger partial charge in [0.2, 0.25) is 0 Å². The van der Waals surface area contributed by atoms with Gasteiger partial charge in [0.25, 0.3) is 0 Å². The number of H-pyrrole nitrogens is 1. The molecule has 1 aliphatic rings. The van der Waals surface area contributed by atoms with Gasteiger partial charge in [-0.1, -0.05) is 18.2 Å². The average molecular weight is 545 g/mol. The highest BCUT2D eigenvalue weighted by Crippen LogP contribution is 2.42. The SMILES string of the molecule is N#Cc1c(N)nc2c(c1-c1ccccc1O)CCc1[nH]ncc1-2.O=C(O)C(F)(F)F.O=C(O)C(F)(F)P. The smallest absolute Gasteiger partial charge is 0.490 e. The Kier molecular flexibility index (Phi) is 8.73. The van der Waals surface area contributed by atoms with Crippen molar-refractivity contribution in [3.05, 3.63) is 47.3 Å². The lowest BCUT2D eigenvalue weighted by molar-refractivity contribution is -0.192. The lowest BCUT2D eigenvalue weighted by Gasteiger charge is -2.21. The zero-order valence-corrected chi connectivity index (χ0v) is 19.5. The number of phenolic OH excluding ortho intramolecular Hbond substituents is 1. The van der Waals surface area contributed by atoms with Crippen molar-refractivity contribution in [2.75, 3.05) is 5.73 Å². The monoisotopic (exact) mass is 545 g/mol. The number of benzene rings is 1. The molecule has 0 bridgehead atoms. The molecular weight excluding hydrogens is 528 g/mol. The van der Waals surface area contributed by atoms with Gasteiger partial charge in [-0.15, -0.1) is 0 Å². The number of para-hydroxylation sites is 1. The number of nitriles is 1. The zero-order chi connectivity index (χ0) is 28.1. The topological polar surface area (TPSA) is 186 Å². The lowest BCUT2D eigenvalue weighted by Crippen LogP contribution is -2.21. The molecular formula is C21H17F5N5O5P. The second-order valence-corrected chi connectivity index (χ2v) is 7.92. The zero-order valence-electron chi connectivity index (χ0n) is 18.3. The number of alkyl halides is 5. The van der Waals surface area contributed by atoms with E-state index in [-0.39, 0.29) is 11.6 Å². The summed E-state index contributed by atoms with van der Waals surface area (Å²) in [5.41, 5.74) is 7.49. The standard InChI is InChI=1S/C17H13N5O.C2HF3O2.C2H3F2O2P/c18-7-11-15(9-3-1-2-4-14(9)23)10-5-6-13-12(8-20-22-13)16(10)21-17(11)19;3-2(4,5)1(6)7;3-2(4,7)1(5)6/h1-4,8,23H,5-6H2,(H2,19,21)(H,20,22);(H,6,7);7H2,(H,5,6). The van der Waals surface area contributed by atoms with Gasteiger partial charge in [-0.05, 0) is 33.7 Å². The molecule has 1 aromatic carbocycles. The summed E-state index contributed by atoms with van der Waals surface area (Å²) in [6, 6.07) is 9.10. The first-order valence-electron chi connectivity index (χ1n) is 9.83. The fourth-order valence-electron chi connectivity index (χ4n) is 3.16. The summed E-state index contributed by atoms with van der Waals surface area (Å²) in [6.45, 7) is 0. The summed E-state index contributed by atoms with van der Waals surface area (Å²) < 4.78 is 54.2. The maximum Gasteiger partial charge on any atom is 0.490 e. The number of aromatic amines is 1. The number of aliphatic carboxylic acids is 2. The van der Waals surface area contributed by atoms with Crippen molar-refractivity contribution in [1.82, 2.24) is 15.2 Å². The fraction of sp³-hybridized carbons (Fsp3) is 0.190. The summed E-state index contributed by atoms with van der Waals surface area (Å²) in [7, 11) is 0.898. The molecule has 4 rings (SSSR count). The molecule has 0 amide bonds. The van der Waals surface area contributed by atoms with Gasteiger partial charge in [0, 0.05) is 22.4 Å². The first kappa shape index (κ1) is 28.9. The van der Waals surface area contributed by atoms with E-state index in [4.69, 9.17) is 20.7 Å². The molecule has 1 atom stereocenters. The van der Waals surface area contributed by atoms with E-state index in [9.17, 15) is 37.1 Å². The number of anilines is 1. The van der Waals surface area contributed by atoms with E-state index >= 15 is 0 Å². The van der Waals surface area contributed by atoms with E-state index in [0.29, 0.717) is 23.1 Å². The Hall–Kier alpha value is -4.31. The van der Waals surface area contributed by atoms with E-state index in [0.717, 1.165) is 38.2 Å². The Bertz CT molecular complexity index is 1340. The molecule has 37 heavy (non-hydrogen) atoms. The molecule has 0 spiro atoms. The van der Waals surface area contributed by atoms with Crippen molar-refractivity contribution in [1.29, 1.82) is 5.26 Å². The van der Waals surface area contributed by atoms with Gasteiger partial charge in [-0.3, -0.25) is 5.10 Å². The van der Waals surface area contributed by atoms with E-state index in [1.54, 1.807) is 24.4 Å². The minimum Gasteiger partial charge on any atom is -0.507 e. The molecule has 0 saturated carbocycles. The number of nitrogen functional groups attached to an aromatic ring is 1. The largest absolute Gasteiger partial charge is 0.507 e. The van der Waals surface area contributed by atoms with Crippen LogP contribution in [0.4, 0.5) is 27.8 Å². The van der Waals surface area contributed by atoms with Crippen molar-refractivity contribution in [2.24, 2.45) is 0 Å². The van der Waals surface area contributed by atoms with Gasteiger partial charge in [-0.25, -0.2) is 14.6 Å². The molecule has 0 aliphatic heterocycles. The average Bonchev–Trinajstić information content (AvgIpc) is 3.28. The predicted molar refractivity (Wildman–Crippen MR) is 121 cm³/mol. The highest BCUT2D eigenvalue weighted by molar-refractivity contribution is 7.20. The second kappa shape index (κ2) is 11.2. The van der Waals surface area contributed by atoms with E-state index < -0.39 is 23.8 Å². The quantitative estimate of drug-likeness (QED) is 0.237. The summed E-state index contributed by atoms with van der Waals surface area (Å²) in [4.78, 5) is 22.6. The van der Waals surface area contributed by atoms with Gasteiger partial charge < -0.3 is 21.1 Å². The number of carbonyl (C=O) groups is 2. The van der Waals surface area contributed by atoms with Crippen LogP contribution in [0.25, 0.3) is 22.4 Å². The number of rotatable bonds is 2. The third-order valence-electron chi connectivity index (χ3n) is 4.74. The minimum atomic E-state index is -5.08. The van der Waals surface area contributed by atoms with Crippen molar-refractivity contribution in [3.63, 3.8) is 0 Å². The molecule has 0 radical (unpaired) electrons. The van der Waals surface area contributed by atoms with Gasteiger partial charge in [-0.2, -0.15) is 32.3 Å². The number of aromatic hydroxyl groups is 1. The Morgan fingerprint density at radius 2 is 1.65 bits per heavy atom. The molecule has 0 saturated heterocycles. The lowest BCUT2D eigenvalue weighted by atomic mass is 9.85. The van der Waals surface area contributed by atoms with Gasteiger partial charge in [0.05, 0.1) is 11.9 Å². The predicted octanol–water partition coefficient (Wildman–Crippen LogP) is 3.57. The van der Waals surface area contributed by atoms with Crippen LogP contribution in [0.15, 0.2) is 30.5 Å². The highest BCUT2D eigenvalue weighted by Gasteiger charge is 2.38. The number of nitrogens with zero attached hydrogens (tertiary/aromatic N) is 3. The summed E-state index contributed by atoms with van der Waals surface area (Å²) in [5, 5.41) is 41.4. The molecule has 2 heterocycles. The maximum absolute atomic E-state index is 11.2. The van der Waals surface area contributed by atoms with Crippen molar-refractivity contribution in [2.45, 2.75) is 24.7 Å². The van der Waals surface area contributed by atoms with Crippen LogP contribution in [-0.4, -0.2) is 54.3 Å². The Morgan fingerprint density at radius 3 is 2.14 bits per heavy atom. The maximum atomic E-state index is 11.2. The van der Waals surface area contributed by atoms with Crippen LogP contribution < -0.4 is 5.73 Å². The third-order valence-corrected chi connectivity index (χ3v) is 4.98. The van der Waals surface area contributed by atoms with E-state index in [1.165, 1.54) is 0 Å². The highest BCUT2D eigenvalue weighted by atomic mass is 31.0. The number of pyridine rings is 1. The van der Waals surface area contributed by atoms with Crippen LogP contribution in [0.3, 0.4) is 0 Å². The van der Waals surface area contributed by atoms with Crippen molar-refractivity contribution in [3.8, 4) is 34.2 Å². The number of hydrogen-bond acceptors (Lipinski definition) is 7. The van der Waals surface area contributed by atoms with Crippen LogP contribution in [0.2, 0.25) is 0 Å². The second-order valence-electron chi connectivity index (χ2n) is 7.20. The van der Waals surface area contributed by atoms with Crippen LogP contribution in [0.1, 0.15) is 16.8 Å². The van der Waals surface area contributed by atoms with Crippen molar-refractivity contribution >= 4 is 27.0 Å². The normalized spacial score (nSPS) is 11.9. The summed E-state index contributed by atoms with van der Waals surface area (Å²) in [6.07, 6.45) is -1.88. The number of carboxylic acids is 2. The molecule has 3 aromatic rings. The van der Waals surface area contributed by atoms with Crippen LogP contribution in [0, 0.1) is 11.3 Å². The number of halogens is 5. The summed E-state index contributed by atoms with van der Waals surface area (Å²) >= 11 is 0. The number of aryl methyl sites for hydroxylation is 1. The van der Waals surface area contributed by atoms with Crippen LogP contribution in [-0.2, 0) is 22.4 Å². The first-order valence-corrected chi connectivity index (χ1v) is 10.4. The minimum absolute atomic E-state index is 0.120. The first-order chi connectivity index (χ1) is 17.1. The number of nitrogens with two attached hydrogens (primary N) is 1. The molecule has 6 N–H and O–H groups in total.